The van der Waals surface area contributed by atoms with Gasteiger partial charge in [0.15, 0.2) is 0 Å². The standard InChI is InChI=1S/C18H21N3/c1-2-16-18-15(11-12-19)9-6-10-17(18)21(20-16)13-14-7-4-3-5-8-14/h3-5,7-8,15H,2,6,9-11,13H2,1H3. The number of nitrogens with zero attached hydrogens (tertiary/aromatic N) is 3. The van der Waals surface area contributed by atoms with E-state index >= 15 is 0 Å². The van der Waals surface area contributed by atoms with Crippen molar-refractivity contribution in [3.8, 4) is 6.07 Å². The van der Waals surface area contributed by atoms with Gasteiger partial charge in [-0.05, 0) is 31.2 Å². The summed E-state index contributed by atoms with van der Waals surface area (Å²) in [5, 5.41) is 13.9. The van der Waals surface area contributed by atoms with Crippen LogP contribution in [-0.4, -0.2) is 9.78 Å². The summed E-state index contributed by atoms with van der Waals surface area (Å²) in [6, 6.07) is 12.8. The van der Waals surface area contributed by atoms with Crippen LogP contribution in [0.4, 0.5) is 0 Å². The summed E-state index contributed by atoms with van der Waals surface area (Å²) in [5.74, 6) is 0.387. The van der Waals surface area contributed by atoms with Crippen LogP contribution in [0.25, 0.3) is 0 Å². The summed E-state index contributed by atoms with van der Waals surface area (Å²) in [6.07, 6.45) is 4.97. The smallest absolute Gasteiger partial charge is 0.0662 e. The van der Waals surface area contributed by atoms with Crippen LogP contribution in [0.3, 0.4) is 0 Å². The van der Waals surface area contributed by atoms with Crippen LogP contribution in [0, 0.1) is 11.3 Å². The highest BCUT2D eigenvalue weighted by molar-refractivity contribution is 5.34. The zero-order valence-corrected chi connectivity index (χ0v) is 12.5. The summed E-state index contributed by atoms with van der Waals surface area (Å²) in [5.41, 5.74) is 5.22. The minimum Gasteiger partial charge on any atom is -0.265 e. The number of fused-ring (bicyclic) bond motifs is 1. The molecule has 3 rings (SSSR count). The predicted molar refractivity (Wildman–Crippen MR) is 83.1 cm³/mol. The molecule has 1 aromatic carbocycles. The molecule has 1 atom stereocenters. The first-order chi connectivity index (χ1) is 10.3. The van der Waals surface area contributed by atoms with Gasteiger partial charge in [0.2, 0.25) is 0 Å². The van der Waals surface area contributed by atoms with Crippen LogP contribution in [0.1, 0.15) is 54.6 Å². The lowest BCUT2D eigenvalue weighted by molar-refractivity contribution is 0.531. The molecular weight excluding hydrogens is 258 g/mol. The molecule has 0 fully saturated rings. The van der Waals surface area contributed by atoms with E-state index in [2.05, 4.69) is 41.9 Å². The molecule has 1 unspecified atom stereocenters. The second kappa shape index (κ2) is 6.13. The minimum absolute atomic E-state index is 0.387. The van der Waals surface area contributed by atoms with Crippen molar-refractivity contribution in [1.82, 2.24) is 9.78 Å². The summed E-state index contributed by atoms with van der Waals surface area (Å²) in [6.45, 7) is 3.00. The highest BCUT2D eigenvalue weighted by Crippen LogP contribution is 2.36. The van der Waals surface area contributed by atoms with Crippen molar-refractivity contribution >= 4 is 0 Å². The molecule has 1 aliphatic carbocycles. The van der Waals surface area contributed by atoms with Gasteiger partial charge in [0.25, 0.3) is 0 Å². The molecular formula is C18H21N3. The van der Waals surface area contributed by atoms with E-state index in [0.717, 1.165) is 25.8 Å². The topological polar surface area (TPSA) is 41.6 Å². The Balaban J connectivity index is 1.98. The first-order valence-electron chi connectivity index (χ1n) is 7.82. The first kappa shape index (κ1) is 13.9. The van der Waals surface area contributed by atoms with E-state index in [1.54, 1.807) is 0 Å². The highest BCUT2D eigenvalue weighted by Gasteiger charge is 2.27. The Kier molecular flexibility index (Phi) is 4.06. The number of aryl methyl sites for hydroxylation is 1. The molecule has 1 aliphatic rings. The van der Waals surface area contributed by atoms with Crippen LogP contribution >= 0.6 is 0 Å². The zero-order chi connectivity index (χ0) is 14.7. The Hall–Kier alpha value is -2.08. The van der Waals surface area contributed by atoms with Crippen molar-refractivity contribution in [3.05, 3.63) is 52.8 Å². The fourth-order valence-electron chi connectivity index (χ4n) is 3.42. The van der Waals surface area contributed by atoms with Crippen LogP contribution in [0.5, 0.6) is 0 Å². The van der Waals surface area contributed by atoms with E-state index in [9.17, 15) is 0 Å². The average Bonchev–Trinajstić information content (AvgIpc) is 2.88. The van der Waals surface area contributed by atoms with Gasteiger partial charge in [0.1, 0.15) is 0 Å². The molecule has 1 heterocycles. The van der Waals surface area contributed by atoms with Gasteiger partial charge in [0, 0.05) is 23.6 Å². The van der Waals surface area contributed by atoms with Crippen LogP contribution in [-0.2, 0) is 19.4 Å². The number of aromatic nitrogens is 2. The molecule has 0 aliphatic heterocycles. The Morgan fingerprint density at radius 3 is 2.86 bits per heavy atom. The normalized spacial score (nSPS) is 17.2. The van der Waals surface area contributed by atoms with E-state index in [-0.39, 0.29) is 0 Å². The molecule has 108 valence electrons. The van der Waals surface area contributed by atoms with Gasteiger partial charge in [-0.2, -0.15) is 10.4 Å². The molecule has 0 radical (unpaired) electrons. The van der Waals surface area contributed by atoms with Crippen molar-refractivity contribution in [2.75, 3.05) is 0 Å². The maximum Gasteiger partial charge on any atom is 0.0662 e. The van der Waals surface area contributed by atoms with Crippen molar-refractivity contribution < 1.29 is 0 Å². The predicted octanol–water partition coefficient (Wildman–Crippen LogP) is 3.83. The molecule has 0 saturated heterocycles. The Bertz CT molecular complexity index is 649. The zero-order valence-electron chi connectivity index (χ0n) is 12.5. The molecule has 3 nitrogen and oxygen atoms in total. The van der Waals surface area contributed by atoms with Gasteiger partial charge in [-0.25, -0.2) is 0 Å². The quantitative estimate of drug-likeness (QED) is 0.853. The summed E-state index contributed by atoms with van der Waals surface area (Å²) in [7, 11) is 0. The molecule has 0 spiro atoms. The van der Waals surface area contributed by atoms with E-state index in [1.807, 2.05) is 6.07 Å². The number of rotatable bonds is 4. The number of nitriles is 1. The number of benzene rings is 1. The molecule has 3 heteroatoms. The van der Waals surface area contributed by atoms with Crippen molar-refractivity contribution in [2.45, 2.75) is 51.5 Å². The van der Waals surface area contributed by atoms with Gasteiger partial charge in [-0.15, -0.1) is 0 Å². The number of hydrogen-bond acceptors (Lipinski definition) is 2. The van der Waals surface area contributed by atoms with Crippen molar-refractivity contribution in [1.29, 1.82) is 5.26 Å². The van der Waals surface area contributed by atoms with Gasteiger partial charge in [-0.3, -0.25) is 4.68 Å². The van der Waals surface area contributed by atoms with Crippen LogP contribution < -0.4 is 0 Å². The van der Waals surface area contributed by atoms with Gasteiger partial charge < -0.3 is 0 Å². The third-order valence-electron chi connectivity index (χ3n) is 4.40. The average molecular weight is 279 g/mol. The van der Waals surface area contributed by atoms with Gasteiger partial charge >= 0.3 is 0 Å². The molecule has 0 N–H and O–H groups in total. The lowest BCUT2D eigenvalue weighted by Gasteiger charge is -2.22. The molecule has 21 heavy (non-hydrogen) atoms. The van der Waals surface area contributed by atoms with Crippen LogP contribution in [0.2, 0.25) is 0 Å². The summed E-state index contributed by atoms with van der Waals surface area (Å²) < 4.78 is 2.17. The van der Waals surface area contributed by atoms with Crippen molar-refractivity contribution in [3.63, 3.8) is 0 Å². The second-order valence-electron chi connectivity index (χ2n) is 5.76. The van der Waals surface area contributed by atoms with E-state index < -0.39 is 0 Å². The Morgan fingerprint density at radius 2 is 2.14 bits per heavy atom. The maximum atomic E-state index is 9.07. The van der Waals surface area contributed by atoms with Gasteiger partial charge in [-0.1, -0.05) is 37.3 Å². The van der Waals surface area contributed by atoms with Gasteiger partial charge in [0.05, 0.1) is 18.3 Å². The van der Waals surface area contributed by atoms with Crippen molar-refractivity contribution in [2.24, 2.45) is 0 Å². The number of hydrogen-bond donors (Lipinski definition) is 0. The Morgan fingerprint density at radius 1 is 1.33 bits per heavy atom. The lowest BCUT2D eigenvalue weighted by atomic mass is 9.83. The molecule has 2 aromatic rings. The van der Waals surface area contributed by atoms with E-state index in [4.69, 9.17) is 10.4 Å². The first-order valence-corrected chi connectivity index (χ1v) is 7.82. The summed E-state index contributed by atoms with van der Waals surface area (Å²) >= 11 is 0. The molecule has 0 saturated carbocycles. The minimum atomic E-state index is 0.387. The largest absolute Gasteiger partial charge is 0.265 e. The molecule has 1 aromatic heterocycles. The maximum absolute atomic E-state index is 9.07. The van der Waals surface area contributed by atoms with Crippen LogP contribution in [0.15, 0.2) is 30.3 Å². The fourth-order valence-corrected chi connectivity index (χ4v) is 3.42. The third-order valence-corrected chi connectivity index (χ3v) is 4.40. The van der Waals surface area contributed by atoms with E-state index in [1.165, 1.54) is 28.9 Å². The monoisotopic (exact) mass is 279 g/mol. The fraction of sp³-hybridized carbons (Fsp3) is 0.444. The van der Waals surface area contributed by atoms with E-state index in [0.29, 0.717) is 12.3 Å². The molecule has 0 amide bonds. The second-order valence-corrected chi connectivity index (χ2v) is 5.76. The lowest BCUT2D eigenvalue weighted by Crippen LogP contribution is -2.13. The summed E-state index contributed by atoms with van der Waals surface area (Å²) in [4.78, 5) is 0. The SMILES string of the molecule is CCc1nn(Cc2ccccc2)c2c1C(CC#N)CCC2. The Labute approximate surface area is 126 Å². The third kappa shape index (κ3) is 2.71. The highest BCUT2D eigenvalue weighted by atomic mass is 15.3. The molecule has 0 bridgehead atoms.